The van der Waals surface area contributed by atoms with Crippen LogP contribution in [0.2, 0.25) is 0 Å². The van der Waals surface area contributed by atoms with Crippen LogP contribution in [0.3, 0.4) is 0 Å². The summed E-state index contributed by atoms with van der Waals surface area (Å²) >= 11 is 0. The fourth-order valence-electron chi connectivity index (χ4n) is 5.99. The first-order valence-electron chi connectivity index (χ1n) is 15.6. The first-order valence-corrected chi connectivity index (χ1v) is 15.6. The molecule has 0 aromatic heterocycles. The second kappa shape index (κ2) is 15.0. The monoisotopic (exact) mass is 654 g/mol. The first-order chi connectivity index (χ1) is 22.6. The summed E-state index contributed by atoms with van der Waals surface area (Å²) in [4.78, 5) is 27.4. The molecule has 2 heterocycles. The van der Waals surface area contributed by atoms with E-state index in [1.54, 1.807) is 17.0 Å². The number of carbonyl (C=O) groups excluding carboxylic acids is 2. The average Bonchev–Trinajstić information content (AvgIpc) is 3.07. The van der Waals surface area contributed by atoms with Crippen molar-refractivity contribution in [2.24, 2.45) is 5.92 Å². The lowest BCUT2D eigenvalue weighted by atomic mass is 9.78. The molecule has 2 amide bonds. The molecule has 0 spiro atoms. The number of nitrogens with one attached hydrogen (secondary N) is 1. The van der Waals surface area contributed by atoms with Crippen molar-refractivity contribution >= 4 is 17.5 Å². The normalized spacial score (nSPS) is 19.5. The number of aliphatic hydroxyl groups excluding tert-OH is 4. The van der Waals surface area contributed by atoms with Crippen LogP contribution in [0.5, 0.6) is 0 Å². The zero-order valence-electron chi connectivity index (χ0n) is 25.9. The lowest BCUT2D eigenvalue weighted by molar-refractivity contribution is -0.212. The number of benzene rings is 3. The molecular formula is C35H40F2N2O8. The molecule has 12 heteroatoms. The molecule has 2 aliphatic rings. The van der Waals surface area contributed by atoms with Crippen molar-refractivity contribution in [3.63, 3.8) is 0 Å². The van der Waals surface area contributed by atoms with Crippen molar-refractivity contribution in [2.45, 2.75) is 49.0 Å². The zero-order chi connectivity index (χ0) is 33.6. The number of carbonyl (C=O) groups is 2. The van der Waals surface area contributed by atoms with Crippen molar-refractivity contribution in [1.29, 1.82) is 0 Å². The Morgan fingerprint density at radius 3 is 2.11 bits per heavy atom. The van der Waals surface area contributed by atoms with Gasteiger partial charge in [0.2, 0.25) is 11.8 Å². The number of hydrogen-bond acceptors (Lipinski definition) is 8. The van der Waals surface area contributed by atoms with Crippen molar-refractivity contribution in [3.8, 4) is 0 Å². The summed E-state index contributed by atoms with van der Waals surface area (Å²) in [7, 11) is 0. The van der Waals surface area contributed by atoms with Gasteiger partial charge in [-0.25, -0.2) is 8.78 Å². The number of hydrogen-bond donors (Lipinski definition) is 5. The quantitative estimate of drug-likeness (QED) is 0.148. The predicted molar refractivity (Wildman–Crippen MR) is 167 cm³/mol. The van der Waals surface area contributed by atoms with E-state index < -0.39 is 60.5 Å². The Balaban J connectivity index is 1.23. The van der Waals surface area contributed by atoms with Gasteiger partial charge in [0, 0.05) is 5.69 Å². The average molecular weight is 655 g/mol. The van der Waals surface area contributed by atoms with Crippen LogP contribution in [0.15, 0.2) is 72.8 Å². The third-order valence-corrected chi connectivity index (χ3v) is 9.07. The highest BCUT2D eigenvalue weighted by atomic mass is 19.1. The molecule has 47 heavy (non-hydrogen) atoms. The first kappa shape index (κ1) is 34.6. The number of anilines is 1. The predicted octanol–water partition coefficient (Wildman–Crippen LogP) is 2.73. The van der Waals surface area contributed by atoms with E-state index in [1.807, 2.05) is 24.3 Å². The number of halogens is 2. The Kier molecular flexibility index (Phi) is 11.0. The lowest BCUT2D eigenvalue weighted by Gasteiger charge is -2.48. The van der Waals surface area contributed by atoms with Gasteiger partial charge in [-0.05, 0) is 78.8 Å². The topological polar surface area (TPSA) is 149 Å². The van der Waals surface area contributed by atoms with Crippen LogP contribution in [0, 0.1) is 17.6 Å². The van der Waals surface area contributed by atoms with Crippen molar-refractivity contribution in [3.05, 3.63) is 101 Å². The van der Waals surface area contributed by atoms with Gasteiger partial charge in [-0.1, -0.05) is 36.4 Å². The van der Waals surface area contributed by atoms with E-state index in [4.69, 9.17) is 9.47 Å². The van der Waals surface area contributed by atoms with E-state index >= 15 is 0 Å². The maximum absolute atomic E-state index is 13.7. The van der Waals surface area contributed by atoms with Crippen LogP contribution in [-0.4, -0.2) is 83.0 Å². The summed E-state index contributed by atoms with van der Waals surface area (Å²) in [5, 5.41) is 41.5. The summed E-state index contributed by atoms with van der Waals surface area (Å²) in [5.41, 5.74) is 0.797. The number of aryl methyl sites for hydroxylation is 1. The van der Waals surface area contributed by atoms with E-state index in [9.17, 15) is 38.8 Å². The van der Waals surface area contributed by atoms with E-state index in [-0.39, 0.29) is 18.6 Å². The molecular weight excluding hydrogens is 614 g/mol. The number of nitrogens with zero attached hydrogens (tertiary/aromatic N) is 1. The van der Waals surface area contributed by atoms with Gasteiger partial charge in [0.1, 0.15) is 29.4 Å². The maximum Gasteiger partial charge on any atom is 0.246 e. The van der Waals surface area contributed by atoms with Crippen LogP contribution in [0.4, 0.5) is 14.5 Å². The summed E-state index contributed by atoms with van der Waals surface area (Å²) in [5.74, 6) is -1.93. The smallest absolute Gasteiger partial charge is 0.246 e. The van der Waals surface area contributed by atoms with Crippen molar-refractivity contribution in [2.75, 3.05) is 44.5 Å². The van der Waals surface area contributed by atoms with Gasteiger partial charge in [0.15, 0.2) is 0 Å². The fourth-order valence-corrected chi connectivity index (χ4v) is 5.99. The second-order valence-electron chi connectivity index (χ2n) is 12.4. The van der Waals surface area contributed by atoms with Crippen LogP contribution in [-0.2, 0) is 25.5 Å². The van der Waals surface area contributed by atoms with Gasteiger partial charge in [0.05, 0.1) is 51.1 Å². The van der Waals surface area contributed by atoms with Crippen molar-refractivity contribution in [1.82, 2.24) is 5.32 Å². The Morgan fingerprint density at radius 2 is 1.55 bits per heavy atom. The molecule has 5 rings (SSSR count). The largest absolute Gasteiger partial charge is 0.394 e. The van der Waals surface area contributed by atoms with Crippen molar-refractivity contribution < 1.29 is 48.3 Å². The molecule has 3 aromatic carbocycles. The number of amides is 2. The van der Waals surface area contributed by atoms with Gasteiger partial charge in [0.25, 0.3) is 0 Å². The van der Waals surface area contributed by atoms with Gasteiger partial charge < -0.3 is 40.1 Å². The molecule has 0 saturated carbocycles. The van der Waals surface area contributed by atoms with Crippen LogP contribution >= 0.6 is 0 Å². The summed E-state index contributed by atoms with van der Waals surface area (Å²) < 4.78 is 38.3. The Bertz CT molecular complexity index is 1490. The summed E-state index contributed by atoms with van der Waals surface area (Å²) in [6.07, 6.45) is 1.00. The van der Waals surface area contributed by atoms with Gasteiger partial charge in [-0.3, -0.25) is 9.59 Å². The van der Waals surface area contributed by atoms with E-state index in [1.165, 1.54) is 36.4 Å². The Morgan fingerprint density at radius 1 is 0.957 bits per heavy atom. The molecule has 0 bridgehead atoms. The summed E-state index contributed by atoms with van der Waals surface area (Å²) in [6.45, 7) is -1.64. The standard InChI is InChI=1S/C35H40F2N2O8/c36-26-7-5-24(6-8-26)30(43)14-13-29-32(39(33(29)45)28-11-9-27(37)10-12-28)25-3-1-23(2-4-25)15-16-35(21-46-22-35)47-17-31(44)38-34(18-40,19-41)20-42/h1-12,29-30,32,40-43H,13-22H2,(H,38,44)/t29?,30-,32?/m0/s1. The van der Waals surface area contributed by atoms with Crippen LogP contribution in [0.25, 0.3) is 0 Å². The Hall–Kier alpha value is -3.78. The molecule has 0 radical (unpaired) electrons. The highest BCUT2D eigenvalue weighted by molar-refractivity contribution is 6.03. The number of ether oxygens (including phenoxy) is 2. The zero-order valence-corrected chi connectivity index (χ0v) is 25.9. The molecule has 2 fully saturated rings. The molecule has 3 atom stereocenters. The minimum absolute atomic E-state index is 0.126. The van der Waals surface area contributed by atoms with E-state index in [2.05, 4.69) is 5.32 Å². The minimum atomic E-state index is -1.54. The molecule has 2 aliphatic heterocycles. The van der Waals surface area contributed by atoms with Gasteiger partial charge in [-0.2, -0.15) is 0 Å². The highest BCUT2D eigenvalue weighted by Gasteiger charge is 2.48. The van der Waals surface area contributed by atoms with Crippen LogP contribution in [0.1, 0.15) is 48.1 Å². The van der Waals surface area contributed by atoms with E-state index in [0.717, 1.165) is 11.1 Å². The summed E-state index contributed by atoms with van der Waals surface area (Å²) in [6, 6.07) is 18.9. The van der Waals surface area contributed by atoms with Crippen LogP contribution < -0.4 is 10.2 Å². The molecule has 0 aliphatic carbocycles. The van der Waals surface area contributed by atoms with Gasteiger partial charge in [-0.15, -0.1) is 0 Å². The molecule has 2 unspecified atom stereocenters. The molecule has 3 aromatic rings. The number of rotatable bonds is 16. The second-order valence-corrected chi connectivity index (χ2v) is 12.4. The molecule has 2 saturated heterocycles. The molecule has 5 N–H and O–H groups in total. The molecule has 252 valence electrons. The number of aliphatic hydroxyl groups is 4. The Labute approximate surface area is 271 Å². The minimum Gasteiger partial charge on any atom is -0.394 e. The highest BCUT2D eigenvalue weighted by Crippen LogP contribution is 2.46. The maximum atomic E-state index is 13.7. The van der Waals surface area contributed by atoms with Gasteiger partial charge >= 0.3 is 0 Å². The fraction of sp³-hybridized carbons (Fsp3) is 0.429. The number of β-lactam (4-membered cyclic amide) rings is 1. The third-order valence-electron chi connectivity index (χ3n) is 9.07. The third kappa shape index (κ3) is 7.86. The molecule has 10 nitrogen and oxygen atoms in total. The van der Waals surface area contributed by atoms with E-state index in [0.29, 0.717) is 50.1 Å². The SMILES string of the molecule is O=C(COC1(CCc2ccc(C3C(CC[C@H](O)c4ccc(F)cc4)C(=O)N3c3ccc(F)cc3)cc2)COC1)NC(CO)(CO)CO. The lowest BCUT2D eigenvalue weighted by Crippen LogP contribution is -2.59.